The Morgan fingerprint density at radius 3 is 2.58 bits per heavy atom. The molecule has 0 spiro atoms. The van der Waals surface area contributed by atoms with Crippen LogP contribution in [0.1, 0.15) is 18.5 Å². The predicted octanol–water partition coefficient (Wildman–Crippen LogP) is 2.80. The van der Waals surface area contributed by atoms with Gasteiger partial charge in [0.15, 0.2) is 5.82 Å². The largest absolute Gasteiger partial charge is 0.466 e. The van der Waals surface area contributed by atoms with Gasteiger partial charge in [-0.3, -0.25) is 4.98 Å². The van der Waals surface area contributed by atoms with E-state index in [4.69, 9.17) is 4.74 Å². The van der Waals surface area contributed by atoms with Gasteiger partial charge in [-0.05, 0) is 24.6 Å². The van der Waals surface area contributed by atoms with E-state index in [0.29, 0.717) is 23.0 Å². The molecule has 1 aliphatic rings. The van der Waals surface area contributed by atoms with Crippen LogP contribution >= 0.6 is 0 Å². The Labute approximate surface area is 150 Å². The number of fused-ring (bicyclic) bond motifs is 1. The van der Waals surface area contributed by atoms with E-state index in [9.17, 15) is 4.79 Å². The Bertz CT molecular complexity index is 980. The number of methoxy groups -OCH3 is 1. The van der Waals surface area contributed by atoms with E-state index in [2.05, 4.69) is 20.4 Å². The molecule has 0 radical (unpaired) electrons. The van der Waals surface area contributed by atoms with Crippen molar-refractivity contribution >= 4 is 11.9 Å². The molecular weight excluding hydrogens is 330 g/mol. The Balaban J connectivity index is 1.88. The lowest BCUT2D eigenvalue weighted by molar-refractivity contribution is -0.136. The summed E-state index contributed by atoms with van der Waals surface area (Å²) < 4.78 is 6.72. The van der Waals surface area contributed by atoms with Gasteiger partial charge in [-0.25, -0.2) is 9.48 Å². The number of anilines is 1. The number of allylic oxidation sites excluding steroid dienone is 1. The van der Waals surface area contributed by atoms with Crippen LogP contribution in [0.5, 0.6) is 0 Å². The number of hydrogen-bond acceptors (Lipinski definition) is 6. The third kappa shape index (κ3) is 2.63. The Hall–Kier alpha value is -3.48. The van der Waals surface area contributed by atoms with E-state index >= 15 is 0 Å². The molecule has 26 heavy (non-hydrogen) atoms. The van der Waals surface area contributed by atoms with Crippen LogP contribution in [0.2, 0.25) is 0 Å². The van der Waals surface area contributed by atoms with E-state index in [1.165, 1.54) is 7.11 Å². The highest BCUT2D eigenvalue weighted by atomic mass is 16.5. The summed E-state index contributed by atoms with van der Waals surface area (Å²) in [5, 5.41) is 7.83. The van der Waals surface area contributed by atoms with Crippen molar-refractivity contribution in [3.05, 3.63) is 71.7 Å². The molecule has 1 N–H and O–H groups in total. The normalized spacial score (nSPS) is 16.0. The predicted molar refractivity (Wildman–Crippen MR) is 96.2 cm³/mol. The van der Waals surface area contributed by atoms with Gasteiger partial charge < -0.3 is 10.1 Å². The summed E-state index contributed by atoms with van der Waals surface area (Å²) >= 11 is 0. The third-order valence-electron chi connectivity index (χ3n) is 4.31. The number of carbonyl (C=O) groups is 1. The fourth-order valence-electron chi connectivity index (χ4n) is 3.09. The number of carbonyl (C=O) groups excluding carboxylic acids is 1. The maximum atomic E-state index is 12.5. The summed E-state index contributed by atoms with van der Waals surface area (Å²) in [6.07, 6.45) is 3.38. The Morgan fingerprint density at radius 1 is 1.15 bits per heavy atom. The molecule has 0 saturated heterocycles. The number of benzene rings is 1. The number of rotatable bonds is 3. The van der Waals surface area contributed by atoms with Crippen LogP contribution < -0.4 is 5.32 Å². The first-order chi connectivity index (χ1) is 12.7. The number of nitrogens with zero attached hydrogens (tertiary/aromatic N) is 4. The van der Waals surface area contributed by atoms with Crippen molar-refractivity contribution in [3.63, 3.8) is 0 Å². The molecule has 1 unspecified atom stereocenters. The highest BCUT2D eigenvalue weighted by molar-refractivity contribution is 5.92. The molecule has 1 aliphatic heterocycles. The molecular formula is C19H17N5O2. The van der Waals surface area contributed by atoms with Crippen molar-refractivity contribution in [2.24, 2.45) is 0 Å². The molecule has 7 heteroatoms. The van der Waals surface area contributed by atoms with Crippen molar-refractivity contribution in [1.29, 1.82) is 0 Å². The average molecular weight is 347 g/mol. The van der Waals surface area contributed by atoms with Crippen LogP contribution in [0.3, 0.4) is 0 Å². The standard InChI is InChI=1S/C19H17N5O2/c1-12-15(18(25)26-2)16(13-8-10-20-11-9-13)24-19(21-12)22-17(23-24)14-6-4-3-5-7-14/h3-11,16H,1-2H3,(H,21,22,23). The van der Waals surface area contributed by atoms with Crippen LogP contribution in [-0.2, 0) is 9.53 Å². The molecule has 0 aliphatic carbocycles. The van der Waals surface area contributed by atoms with E-state index in [1.54, 1.807) is 17.1 Å². The number of aromatic nitrogens is 4. The quantitative estimate of drug-likeness (QED) is 0.734. The second-order valence-corrected chi connectivity index (χ2v) is 5.91. The van der Waals surface area contributed by atoms with Gasteiger partial charge in [0, 0.05) is 23.7 Å². The first kappa shape index (κ1) is 16.0. The van der Waals surface area contributed by atoms with E-state index in [0.717, 1.165) is 11.1 Å². The molecule has 130 valence electrons. The Kier molecular flexibility index (Phi) is 3.96. The zero-order chi connectivity index (χ0) is 18.1. The van der Waals surface area contributed by atoms with Crippen molar-refractivity contribution in [2.75, 3.05) is 12.4 Å². The van der Waals surface area contributed by atoms with Crippen molar-refractivity contribution < 1.29 is 9.53 Å². The van der Waals surface area contributed by atoms with Gasteiger partial charge in [0.1, 0.15) is 6.04 Å². The summed E-state index contributed by atoms with van der Waals surface area (Å²) in [7, 11) is 1.37. The van der Waals surface area contributed by atoms with Crippen LogP contribution in [-0.4, -0.2) is 32.8 Å². The molecule has 4 rings (SSSR count). The zero-order valence-electron chi connectivity index (χ0n) is 14.4. The third-order valence-corrected chi connectivity index (χ3v) is 4.31. The maximum Gasteiger partial charge on any atom is 0.338 e. The van der Waals surface area contributed by atoms with Crippen LogP contribution in [0.4, 0.5) is 5.95 Å². The monoisotopic (exact) mass is 347 g/mol. The molecule has 1 atom stereocenters. The first-order valence-electron chi connectivity index (χ1n) is 8.17. The average Bonchev–Trinajstić information content (AvgIpc) is 3.11. The smallest absolute Gasteiger partial charge is 0.338 e. The number of ether oxygens (including phenoxy) is 1. The van der Waals surface area contributed by atoms with Gasteiger partial charge in [-0.2, -0.15) is 4.98 Å². The summed E-state index contributed by atoms with van der Waals surface area (Å²) in [6, 6.07) is 13.0. The Morgan fingerprint density at radius 2 is 1.88 bits per heavy atom. The summed E-state index contributed by atoms with van der Waals surface area (Å²) in [5.41, 5.74) is 2.97. The SMILES string of the molecule is COC(=O)C1=C(C)Nc2nc(-c3ccccc3)nn2C1c1ccncc1. The van der Waals surface area contributed by atoms with Crippen molar-refractivity contribution in [2.45, 2.75) is 13.0 Å². The molecule has 7 nitrogen and oxygen atoms in total. The second kappa shape index (κ2) is 6.44. The zero-order valence-corrected chi connectivity index (χ0v) is 14.4. The van der Waals surface area contributed by atoms with Crippen molar-refractivity contribution in [3.8, 4) is 11.4 Å². The molecule has 0 amide bonds. The maximum absolute atomic E-state index is 12.5. The van der Waals surface area contributed by atoms with Crippen LogP contribution in [0.15, 0.2) is 66.1 Å². The molecule has 0 fully saturated rings. The molecule has 3 aromatic rings. The van der Waals surface area contributed by atoms with Gasteiger partial charge in [0.05, 0.1) is 12.7 Å². The highest BCUT2D eigenvalue weighted by Gasteiger charge is 2.34. The molecule has 0 bridgehead atoms. The van der Waals surface area contributed by atoms with Crippen LogP contribution in [0.25, 0.3) is 11.4 Å². The van der Waals surface area contributed by atoms with E-state index < -0.39 is 12.0 Å². The molecule has 1 aromatic carbocycles. The van der Waals surface area contributed by atoms with Gasteiger partial charge in [0.25, 0.3) is 0 Å². The number of esters is 1. The number of nitrogens with one attached hydrogen (secondary N) is 1. The van der Waals surface area contributed by atoms with E-state index in [-0.39, 0.29) is 0 Å². The number of pyridine rings is 1. The summed E-state index contributed by atoms with van der Waals surface area (Å²) in [5.74, 6) is 0.765. The lowest BCUT2D eigenvalue weighted by Crippen LogP contribution is -2.29. The fraction of sp³-hybridized carbons (Fsp3) is 0.158. The topological polar surface area (TPSA) is 81.9 Å². The minimum atomic E-state index is -0.438. The van der Waals surface area contributed by atoms with E-state index in [1.807, 2.05) is 49.4 Å². The molecule has 3 heterocycles. The van der Waals surface area contributed by atoms with Gasteiger partial charge in [-0.15, -0.1) is 5.10 Å². The first-order valence-corrected chi connectivity index (χ1v) is 8.17. The van der Waals surface area contributed by atoms with Gasteiger partial charge >= 0.3 is 5.97 Å². The highest BCUT2D eigenvalue weighted by Crippen LogP contribution is 2.36. The lowest BCUT2D eigenvalue weighted by atomic mass is 9.97. The van der Waals surface area contributed by atoms with Gasteiger partial charge in [0.2, 0.25) is 5.95 Å². The summed E-state index contributed by atoms with van der Waals surface area (Å²) in [6.45, 7) is 1.83. The van der Waals surface area contributed by atoms with Gasteiger partial charge in [-0.1, -0.05) is 30.3 Å². The van der Waals surface area contributed by atoms with Crippen LogP contribution in [0, 0.1) is 0 Å². The lowest BCUT2D eigenvalue weighted by Gasteiger charge is -2.27. The minimum Gasteiger partial charge on any atom is -0.466 e. The number of hydrogen-bond donors (Lipinski definition) is 1. The molecule has 2 aromatic heterocycles. The fourth-order valence-corrected chi connectivity index (χ4v) is 3.09. The summed E-state index contributed by atoms with van der Waals surface area (Å²) in [4.78, 5) is 21.1. The molecule has 0 saturated carbocycles. The second-order valence-electron chi connectivity index (χ2n) is 5.91. The van der Waals surface area contributed by atoms with Crippen molar-refractivity contribution in [1.82, 2.24) is 19.7 Å². The minimum absolute atomic E-state index is 0.403.